The van der Waals surface area contributed by atoms with E-state index in [-0.39, 0.29) is 6.10 Å². The molecule has 2 N–H and O–H groups in total. The quantitative estimate of drug-likeness (QED) is 0.591. The zero-order chi connectivity index (χ0) is 17.4. The van der Waals surface area contributed by atoms with Gasteiger partial charge >= 0.3 is 0 Å². The maximum Gasteiger partial charge on any atom is 0.255 e. The molecular weight excluding hydrogens is 316 g/mol. The predicted octanol–water partition coefficient (Wildman–Crippen LogP) is 2.95. The standard InChI is InChI=1S/C17H25F2N3O2/c1-20-17(22-11-15(18)19)21-10-12-6-5-9-14(23-2)16(12)24-13-7-3-4-8-13/h5-6,9,13,15H,3-4,7-8,10-11H2,1-2H3,(H2,20,21,22). The molecule has 0 heterocycles. The van der Waals surface area contributed by atoms with Crippen molar-refractivity contribution in [3.63, 3.8) is 0 Å². The Morgan fingerprint density at radius 3 is 2.67 bits per heavy atom. The average molecular weight is 341 g/mol. The molecule has 1 aromatic carbocycles. The molecule has 0 unspecified atom stereocenters. The van der Waals surface area contributed by atoms with E-state index in [0.717, 1.165) is 18.4 Å². The first-order valence-electron chi connectivity index (χ1n) is 8.19. The fourth-order valence-corrected chi connectivity index (χ4v) is 2.74. The smallest absolute Gasteiger partial charge is 0.255 e. The number of para-hydroxylation sites is 1. The Bertz CT molecular complexity index is 547. The van der Waals surface area contributed by atoms with Gasteiger partial charge in [-0.15, -0.1) is 0 Å². The molecule has 0 atom stereocenters. The number of rotatable bonds is 7. The SMILES string of the molecule is CN=C(NCc1cccc(OC)c1OC1CCCC1)NCC(F)F. The summed E-state index contributed by atoms with van der Waals surface area (Å²) in [5, 5.41) is 5.60. The van der Waals surface area contributed by atoms with Gasteiger partial charge in [-0.05, 0) is 31.7 Å². The number of hydrogen-bond acceptors (Lipinski definition) is 3. The highest BCUT2D eigenvalue weighted by Gasteiger charge is 2.20. The molecule has 1 aliphatic carbocycles. The number of hydrogen-bond donors (Lipinski definition) is 2. The molecule has 1 saturated carbocycles. The first-order valence-corrected chi connectivity index (χ1v) is 8.19. The van der Waals surface area contributed by atoms with Crippen LogP contribution in [-0.2, 0) is 6.54 Å². The lowest BCUT2D eigenvalue weighted by atomic mass is 10.1. The first kappa shape index (κ1) is 18.3. The Morgan fingerprint density at radius 2 is 2.04 bits per heavy atom. The molecule has 0 aromatic heterocycles. The van der Waals surface area contributed by atoms with Gasteiger partial charge in [-0.1, -0.05) is 12.1 Å². The van der Waals surface area contributed by atoms with Gasteiger partial charge in [-0.25, -0.2) is 8.78 Å². The Hall–Kier alpha value is -2.05. The second kappa shape index (κ2) is 9.30. The van der Waals surface area contributed by atoms with E-state index < -0.39 is 13.0 Å². The Balaban J connectivity index is 2.05. The van der Waals surface area contributed by atoms with Crippen LogP contribution in [0.3, 0.4) is 0 Å². The average Bonchev–Trinajstić information content (AvgIpc) is 3.09. The van der Waals surface area contributed by atoms with E-state index >= 15 is 0 Å². The predicted molar refractivity (Wildman–Crippen MR) is 90.1 cm³/mol. The van der Waals surface area contributed by atoms with E-state index in [9.17, 15) is 8.78 Å². The highest BCUT2D eigenvalue weighted by molar-refractivity contribution is 5.79. The van der Waals surface area contributed by atoms with Crippen molar-refractivity contribution in [1.82, 2.24) is 10.6 Å². The molecule has 0 aliphatic heterocycles. The number of alkyl halides is 2. The van der Waals surface area contributed by atoms with Gasteiger partial charge in [0.25, 0.3) is 6.43 Å². The van der Waals surface area contributed by atoms with E-state index in [0.29, 0.717) is 24.0 Å². The van der Waals surface area contributed by atoms with E-state index in [1.54, 1.807) is 14.2 Å². The Kier molecular flexibility index (Phi) is 7.08. The number of halogens is 2. The third kappa shape index (κ3) is 5.25. The van der Waals surface area contributed by atoms with Crippen LogP contribution in [0.2, 0.25) is 0 Å². The molecule has 5 nitrogen and oxygen atoms in total. The summed E-state index contributed by atoms with van der Waals surface area (Å²) in [4.78, 5) is 3.94. The van der Waals surface area contributed by atoms with Crippen LogP contribution in [0.15, 0.2) is 23.2 Å². The maximum atomic E-state index is 12.3. The largest absolute Gasteiger partial charge is 0.493 e. The van der Waals surface area contributed by atoms with Gasteiger partial charge in [0.05, 0.1) is 19.8 Å². The van der Waals surface area contributed by atoms with E-state index in [2.05, 4.69) is 15.6 Å². The summed E-state index contributed by atoms with van der Waals surface area (Å²) in [7, 11) is 3.15. The van der Waals surface area contributed by atoms with E-state index in [1.807, 2.05) is 18.2 Å². The second-order valence-corrected chi connectivity index (χ2v) is 5.67. The summed E-state index contributed by atoms with van der Waals surface area (Å²) in [6, 6.07) is 5.67. The molecule has 0 radical (unpaired) electrons. The highest BCUT2D eigenvalue weighted by atomic mass is 19.3. The number of benzene rings is 1. The first-order chi connectivity index (χ1) is 11.6. The van der Waals surface area contributed by atoms with Crippen molar-refractivity contribution in [3.05, 3.63) is 23.8 Å². The van der Waals surface area contributed by atoms with Crippen molar-refractivity contribution in [3.8, 4) is 11.5 Å². The topological polar surface area (TPSA) is 54.9 Å². The van der Waals surface area contributed by atoms with Crippen molar-refractivity contribution < 1.29 is 18.3 Å². The zero-order valence-corrected chi connectivity index (χ0v) is 14.1. The van der Waals surface area contributed by atoms with E-state index in [1.165, 1.54) is 12.8 Å². The number of nitrogens with zero attached hydrogens (tertiary/aromatic N) is 1. The number of nitrogens with one attached hydrogen (secondary N) is 2. The van der Waals surface area contributed by atoms with Gasteiger partial charge in [-0.3, -0.25) is 4.99 Å². The van der Waals surface area contributed by atoms with Crippen LogP contribution in [0.5, 0.6) is 11.5 Å². The van der Waals surface area contributed by atoms with Gasteiger partial charge in [0.15, 0.2) is 17.5 Å². The molecule has 1 fully saturated rings. The van der Waals surface area contributed by atoms with Crippen LogP contribution in [0.1, 0.15) is 31.2 Å². The van der Waals surface area contributed by atoms with Crippen molar-refractivity contribution in [1.29, 1.82) is 0 Å². The molecule has 0 amide bonds. The molecule has 1 aliphatic rings. The number of ether oxygens (including phenoxy) is 2. The fourth-order valence-electron chi connectivity index (χ4n) is 2.74. The fraction of sp³-hybridized carbons (Fsp3) is 0.588. The monoisotopic (exact) mass is 341 g/mol. The third-order valence-electron chi connectivity index (χ3n) is 3.96. The van der Waals surface area contributed by atoms with Crippen molar-refractivity contribution in [2.24, 2.45) is 4.99 Å². The summed E-state index contributed by atoms with van der Waals surface area (Å²) >= 11 is 0. The van der Waals surface area contributed by atoms with Crippen LogP contribution < -0.4 is 20.1 Å². The van der Waals surface area contributed by atoms with Gasteiger partial charge in [0, 0.05) is 19.2 Å². The third-order valence-corrected chi connectivity index (χ3v) is 3.96. The summed E-state index contributed by atoms with van der Waals surface area (Å²) in [5.74, 6) is 1.71. The molecule has 24 heavy (non-hydrogen) atoms. The number of aliphatic imine (C=N–C) groups is 1. The van der Waals surface area contributed by atoms with Crippen LogP contribution >= 0.6 is 0 Å². The second-order valence-electron chi connectivity index (χ2n) is 5.67. The Labute approximate surface area is 141 Å². The summed E-state index contributed by atoms with van der Waals surface area (Å²) in [6.45, 7) is -0.0363. The summed E-state index contributed by atoms with van der Waals surface area (Å²) < 4.78 is 36.2. The van der Waals surface area contributed by atoms with Crippen LogP contribution in [0, 0.1) is 0 Å². The van der Waals surface area contributed by atoms with Gasteiger partial charge in [0.1, 0.15) is 0 Å². The maximum absolute atomic E-state index is 12.3. The molecule has 134 valence electrons. The van der Waals surface area contributed by atoms with Gasteiger partial charge < -0.3 is 20.1 Å². The minimum absolute atomic E-state index is 0.205. The number of guanidine groups is 1. The zero-order valence-electron chi connectivity index (χ0n) is 14.1. The summed E-state index contributed by atoms with van der Waals surface area (Å²) in [5.41, 5.74) is 0.904. The molecule has 2 rings (SSSR count). The van der Waals surface area contributed by atoms with Crippen LogP contribution in [0.25, 0.3) is 0 Å². The lowest BCUT2D eigenvalue weighted by Gasteiger charge is -2.20. The van der Waals surface area contributed by atoms with Gasteiger partial charge in [-0.2, -0.15) is 0 Å². The Morgan fingerprint density at radius 1 is 1.29 bits per heavy atom. The van der Waals surface area contributed by atoms with Crippen LogP contribution in [-0.4, -0.2) is 39.2 Å². The molecule has 0 spiro atoms. The van der Waals surface area contributed by atoms with Gasteiger partial charge in [0.2, 0.25) is 0 Å². The lowest BCUT2D eigenvalue weighted by molar-refractivity contribution is 0.152. The molecule has 0 bridgehead atoms. The van der Waals surface area contributed by atoms with Crippen molar-refractivity contribution in [2.75, 3.05) is 20.7 Å². The minimum Gasteiger partial charge on any atom is -0.493 e. The highest BCUT2D eigenvalue weighted by Crippen LogP contribution is 2.34. The van der Waals surface area contributed by atoms with Crippen molar-refractivity contribution in [2.45, 2.75) is 44.8 Å². The molecule has 1 aromatic rings. The minimum atomic E-state index is -2.43. The molecule has 0 saturated heterocycles. The van der Waals surface area contributed by atoms with Crippen molar-refractivity contribution >= 4 is 5.96 Å². The molecular formula is C17H25F2N3O2. The normalized spacial score (nSPS) is 15.6. The molecule has 7 heteroatoms. The lowest BCUT2D eigenvalue weighted by Crippen LogP contribution is -2.39. The van der Waals surface area contributed by atoms with E-state index in [4.69, 9.17) is 9.47 Å². The number of methoxy groups -OCH3 is 1. The van der Waals surface area contributed by atoms with Crippen LogP contribution in [0.4, 0.5) is 8.78 Å². The summed E-state index contributed by atoms with van der Waals surface area (Å²) in [6.07, 6.45) is 2.22.